The molecule has 0 radical (unpaired) electrons. The quantitative estimate of drug-likeness (QED) is 0.438. The van der Waals surface area contributed by atoms with Gasteiger partial charge in [0.25, 0.3) is 0 Å². The van der Waals surface area contributed by atoms with Gasteiger partial charge < -0.3 is 20.1 Å². The molecule has 43 heavy (non-hydrogen) atoms. The van der Waals surface area contributed by atoms with Crippen LogP contribution < -0.4 is 10.1 Å². The van der Waals surface area contributed by atoms with Gasteiger partial charge in [0.2, 0.25) is 11.8 Å². The van der Waals surface area contributed by atoms with E-state index in [4.69, 9.17) is 4.74 Å². The molecule has 2 amide bonds. The Morgan fingerprint density at radius 3 is 2.37 bits per heavy atom. The lowest BCUT2D eigenvalue weighted by Gasteiger charge is -2.52. The Morgan fingerprint density at radius 2 is 1.74 bits per heavy atom. The Labute approximate surface area is 260 Å². The molecule has 1 spiro atoms. The summed E-state index contributed by atoms with van der Waals surface area (Å²) in [5.74, 6) is 0.664. The molecule has 2 aromatic carbocycles. The van der Waals surface area contributed by atoms with Crippen LogP contribution >= 0.6 is 12.4 Å². The van der Waals surface area contributed by atoms with Crippen molar-refractivity contribution in [1.29, 1.82) is 0 Å². The van der Waals surface area contributed by atoms with Crippen molar-refractivity contribution in [2.75, 3.05) is 19.6 Å². The molecule has 2 aliphatic heterocycles. The molecular weight excluding hydrogens is 592 g/mol. The number of aliphatic hydroxyl groups is 1. The molecule has 2 N–H and O–H groups in total. The Morgan fingerprint density at radius 1 is 1.07 bits per heavy atom. The summed E-state index contributed by atoms with van der Waals surface area (Å²) in [5.41, 5.74) is 1.31. The molecule has 1 aliphatic carbocycles. The summed E-state index contributed by atoms with van der Waals surface area (Å²) in [4.78, 5) is 31.1. The number of nitrogens with one attached hydrogen (secondary N) is 1. The highest BCUT2D eigenvalue weighted by molar-refractivity contribution is 7.61. The standard InChI is InChI=1S/C31H40N4O6S.ClH/c1-3-35-29(37)27(28(36)23-7-5-4-6-8-23)32-30(38)31(35)15-17-34(18-16-31)20-22-10-12-24(13-11-22)41-26-14-9-21(2)19-25(26)33-42(39)40;/h9-14,19,23,27-28,36H,3-8,15-18,20H2,1-2H3,(H,32,38);1H/t27-,28-;/m1./s1. The number of aryl methyl sites for hydroxylation is 1. The lowest BCUT2D eigenvalue weighted by atomic mass is 9.78. The van der Waals surface area contributed by atoms with E-state index in [2.05, 4.69) is 14.6 Å². The van der Waals surface area contributed by atoms with Gasteiger partial charge in [0.15, 0.2) is 5.75 Å². The minimum atomic E-state index is -2.59. The number of carbonyl (C=O) groups is 2. The number of carbonyl (C=O) groups excluding carboxylic acids is 2. The van der Waals surface area contributed by atoms with Crippen LogP contribution in [0, 0.1) is 12.8 Å². The molecule has 5 rings (SSSR count). The summed E-state index contributed by atoms with van der Waals surface area (Å²) < 4.78 is 31.8. The van der Waals surface area contributed by atoms with E-state index in [0.717, 1.165) is 43.2 Å². The number of likely N-dealkylation sites (tertiary alicyclic amines) is 1. The second-order valence-corrected chi connectivity index (χ2v) is 12.4. The van der Waals surface area contributed by atoms with Gasteiger partial charge in [-0.3, -0.25) is 14.5 Å². The molecular formula is C31H41ClN4O6S. The second-order valence-electron chi connectivity index (χ2n) is 11.8. The zero-order valence-electron chi connectivity index (χ0n) is 24.7. The SMILES string of the molecule is CCN1C(=O)[C@@H]([C@H](O)C2CCCCC2)NC(=O)C12CCN(Cc1ccc(Oc3ccc(C)cc3N=S(=O)=O)cc1)CC2.Cl. The van der Waals surface area contributed by atoms with Crippen molar-refractivity contribution >= 4 is 40.4 Å². The Bertz CT molecular complexity index is 1430. The van der Waals surface area contributed by atoms with Crippen LogP contribution in [0.4, 0.5) is 5.69 Å². The van der Waals surface area contributed by atoms with Crippen LogP contribution in [0.25, 0.3) is 0 Å². The number of ether oxygens (including phenoxy) is 1. The summed E-state index contributed by atoms with van der Waals surface area (Å²) in [6.07, 6.45) is 5.28. The van der Waals surface area contributed by atoms with Gasteiger partial charge in [-0.05, 0) is 80.8 Å². The number of aliphatic hydroxyl groups excluding tert-OH is 1. The number of halogens is 1. The van der Waals surface area contributed by atoms with Gasteiger partial charge in [0.1, 0.15) is 23.0 Å². The van der Waals surface area contributed by atoms with E-state index in [1.165, 1.54) is 0 Å². The first kappa shape index (κ1) is 32.9. The highest BCUT2D eigenvalue weighted by atomic mass is 35.5. The van der Waals surface area contributed by atoms with Gasteiger partial charge in [-0.2, -0.15) is 8.42 Å². The molecule has 234 valence electrons. The predicted molar refractivity (Wildman–Crippen MR) is 165 cm³/mol. The van der Waals surface area contributed by atoms with Crippen LogP contribution in [0.2, 0.25) is 0 Å². The number of piperidine rings is 1. The Kier molecular flexibility index (Phi) is 10.9. The van der Waals surface area contributed by atoms with Crippen molar-refractivity contribution in [3.8, 4) is 11.5 Å². The molecule has 10 nitrogen and oxygen atoms in total. The summed E-state index contributed by atoms with van der Waals surface area (Å²) in [7, 11) is -2.59. The average molecular weight is 633 g/mol. The maximum Gasteiger partial charge on any atom is 0.316 e. The fourth-order valence-electron chi connectivity index (χ4n) is 6.77. The van der Waals surface area contributed by atoms with Crippen molar-refractivity contribution in [2.45, 2.75) is 83.0 Å². The number of benzene rings is 2. The molecule has 12 heteroatoms. The molecule has 3 aliphatic rings. The first-order valence-corrected chi connectivity index (χ1v) is 15.9. The lowest BCUT2D eigenvalue weighted by molar-refractivity contribution is -0.165. The molecule has 2 atom stereocenters. The predicted octanol–water partition coefficient (Wildman–Crippen LogP) is 4.53. The van der Waals surface area contributed by atoms with Crippen molar-refractivity contribution in [1.82, 2.24) is 15.1 Å². The monoisotopic (exact) mass is 632 g/mol. The fourth-order valence-corrected chi connectivity index (χ4v) is 7.07. The second kappa shape index (κ2) is 14.2. The maximum absolute atomic E-state index is 13.6. The number of hydrogen-bond acceptors (Lipinski definition) is 8. The zero-order valence-corrected chi connectivity index (χ0v) is 26.3. The molecule has 3 fully saturated rings. The normalized spacial score (nSPS) is 21.6. The molecule has 0 aromatic heterocycles. The van der Waals surface area contributed by atoms with Gasteiger partial charge in [-0.1, -0.05) is 37.5 Å². The topological polar surface area (TPSA) is 129 Å². The van der Waals surface area contributed by atoms with Gasteiger partial charge in [0.05, 0.1) is 6.10 Å². The van der Waals surface area contributed by atoms with E-state index in [9.17, 15) is 23.1 Å². The zero-order chi connectivity index (χ0) is 29.9. The first-order chi connectivity index (χ1) is 20.2. The van der Waals surface area contributed by atoms with Crippen LogP contribution in [0.5, 0.6) is 11.5 Å². The first-order valence-electron chi connectivity index (χ1n) is 14.9. The largest absolute Gasteiger partial charge is 0.455 e. The molecule has 2 aromatic rings. The summed E-state index contributed by atoms with van der Waals surface area (Å²) in [5, 5.41) is 14.0. The van der Waals surface area contributed by atoms with Crippen molar-refractivity contribution in [2.24, 2.45) is 10.3 Å². The van der Waals surface area contributed by atoms with Gasteiger partial charge >= 0.3 is 10.5 Å². The number of likely N-dealkylation sites (N-methyl/N-ethyl adjacent to an activating group) is 1. The van der Waals surface area contributed by atoms with Crippen LogP contribution in [0.1, 0.15) is 63.0 Å². The van der Waals surface area contributed by atoms with Crippen LogP contribution in [-0.4, -0.2) is 72.5 Å². The van der Waals surface area contributed by atoms with Crippen LogP contribution in [0.3, 0.4) is 0 Å². The smallest absolute Gasteiger partial charge is 0.316 e. The van der Waals surface area contributed by atoms with Crippen molar-refractivity contribution in [3.63, 3.8) is 0 Å². The minimum Gasteiger partial charge on any atom is -0.455 e. The van der Waals surface area contributed by atoms with E-state index in [1.807, 2.05) is 44.2 Å². The van der Waals surface area contributed by atoms with Crippen molar-refractivity contribution < 1.29 is 27.9 Å². The number of nitrogens with zero attached hydrogens (tertiary/aromatic N) is 3. The van der Waals surface area contributed by atoms with E-state index in [0.29, 0.717) is 50.5 Å². The van der Waals surface area contributed by atoms with Gasteiger partial charge in [-0.25, -0.2) is 0 Å². The maximum atomic E-state index is 13.6. The van der Waals surface area contributed by atoms with E-state index < -0.39 is 28.2 Å². The molecule has 1 saturated carbocycles. The van der Waals surface area contributed by atoms with Crippen LogP contribution in [-0.2, 0) is 26.6 Å². The average Bonchev–Trinajstić information content (AvgIpc) is 2.98. The fraction of sp³-hybridized carbons (Fsp3) is 0.548. The minimum absolute atomic E-state index is 0. The Balaban J connectivity index is 0.00000423. The number of hydrogen-bond donors (Lipinski definition) is 2. The number of amides is 2. The van der Waals surface area contributed by atoms with Gasteiger partial charge in [0, 0.05) is 26.2 Å². The molecule has 0 unspecified atom stereocenters. The third-order valence-corrected chi connectivity index (χ3v) is 9.42. The van der Waals surface area contributed by atoms with E-state index >= 15 is 0 Å². The Hall–Kier alpha value is -2.99. The summed E-state index contributed by atoms with van der Waals surface area (Å²) >= 11 is 0. The molecule has 2 heterocycles. The molecule has 0 bridgehead atoms. The number of rotatable bonds is 8. The van der Waals surface area contributed by atoms with Gasteiger partial charge in [-0.15, -0.1) is 16.8 Å². The highest BCUT2D eigenvalue weighted by Crippen LogP contribution is 2.37. The van der Waals surface area contributed by atoms with Crippen LogP contribution in [0.15, 0.2) is 46.8 Å². The van der Waals surface area contributed by atoms with E-state index in [-0.39, 0.29) is 35.8 Å². The number of piperazine rings is 1. The molecule has 2 saturated heterocycles. The highest BCUT2D eigenvalue weighted by Gasteiger charge is 2.54. The third-order valence-electron chi connectivity index (χ3n) is 9.08. The van der Waals surface area contributed by atoms with E-state index in [1.54, 1.807) is 17.0 Å². The third kappa shape index (κ3) is 7.22. The lowest BCUT2D eigenvalue weighted by Crippen LogP contribution is -2.74. The van der Waals surface area contributed by atoms with Crippen molar-refractivity contribution in [3.05, 3.63) is 53.6 Å². The summed E-state index contributed by atoms with van der Waals surface area (Å²) in [6.45, 7) is 6.19. The summed E-state index contributed by atoms with van der Waals surface area (Å²) in [6, 6.07) is 11.9.